The largest absolute Gasteiger partial charge is 0.389 e. The minimum atomic E-state index is -0.567. The van der Waals surface area contributed by atoms with Crippen LogP contribution in [0.4, 0.5) is 0 Å². The Hall–Kier alpha value is -0.280. The fourth-order valence-electron chi connectivity index (χ4n) is 2.91. The van der Waals surface area contributed by atoms with Crippen molar-refractivity contribution >= 4 is 23.2 Å². The average molecular weight is 302 g/mol. The summed E-state index contributed by atoms with van der Waals surface area (Å²) in [4.78, 5) is 0. The lowest BCUT2D eigenvalue weighted by Crippen LogP contribution is -2.43. The summed E-state index contributed by atoms with van der Waals surface area (Å²) in [5.41, 5.74) is 0.407. The first-order chi connectivity index (χ1) is 9.00. The molecule has 0 amide bonds. The molecular formula is C15H21Cl2NO. The van der Waals surface area contributed by atoms with Gasteiger partial charge >= 0.3 is 0 Å². The zero-order valence-electron chi connectivity index (χ0n) is 11.3. The van der Waals surface area contributed by atoms with Crippen molar-refractivity contribution in [2.75, 3.05) is 6.54 Å². The van der Waals surface area contributed by atoms with Crippen LogP contribution in [-0.2, 0) is 6.54 Å². The van der Waals surface area contributed by atoms with Crippen molar-refractivity contribution in [3.63, 3.8) is 0 Å². The Morgan fingerprint density at radius 3 is 2.95 bits per heavy atom. The van der Waals surface area contributed by atoms with Crippen LogP contribution in [0.3, 0.4) is 0 Å². The highest BCUT2D eigenvalue weighted by molar-refractivity contribution is 6.42. The van der Waals surface area contributed by atoms with Gasteiger partial charge in [-0.15, -0.1) is 0 Å². The van der Waals surface area contributed by atoms with Crippen LogP contribution in [0.2, 0.25) is 10.0 Å². The number of benzene rings is 1. The van der Waals surface area contributed by atoms with Gasteiger partial charge in [0.25, 0.3) is 0 Å². The van der Waals surface area contributed by atoms with Crippen LogP contribution in [0.1, 0.15) is 38.2 Å². The third-order valence-corrected chi connectivity index (χ3v) is 4.73. The minimum absolute atomic E-state index is 0.567. The minimum Gasteiger partial charge on any atom is -0.389 e. The SMILES string of the molecule is CC1CCCC(O)(CNCc2cccc(Cl)c2Cl)C1. The van der Waals surface area contributed by atoms with E-state index >= 15 is 0 Å². The summed E-state index contributed by atoms with van der Waals surface area (Å²) in [6.45, 7) is 3.45. The van der Waals surface area contributed by atoms with Crippen LogP contribution in [0, 0.1) is 5.92 Å². The summed E-state index contributed by atoms with van der Waals surface area (Å²) in [5.74, 6) is 0.607. The molecule has 0 heterocycles. The molecule has 19 heavy (non-hydrogen) atoms. The van der Waals surface area contributed by atoms with Crippen LogP contribution in [0.5, 0.6) is 0 Å². The molecule has 1 saturated carbocycles. The first-order valence-corrected chi connectivity index (χ1v) is 7.62. The maximum atomic E-state index is 10.5. The zero-order chi connectivity index (χ0) is 13.9. The second-order valence-corrected chi connectivity index (χ2v) is 6.53. The Balaban J connectivity index is 1.87. The lowest BCUT2D eigenvalue weighted by molar-refractivity contribution is -0.0119. The van der Waals surface area contributed by atoms with Crippen LogP contribution in [-0.4, -0.2) is 17.3 Å². The summed E-state index contributed by atoms with van der Waals surface area (Å²) < 4.78 is 0. The van der Waals surface area contributed by atoms with E-state index in [1.54, 1.807) is 6.07 Å². The predicted molar refractivity (Wildman–Crippen MR) is 80.8 cm³/mol. The molecule has 0 aliphatic heterocycles. The van der Waals surface area contributed by atoms with Gasteiger partial charge in [-0.2, -0.15) is 0 Å². The second kappa shape index (κ2) is 6.45. The van der Waals surface area contributed by atoms with Gasteiger partial charge in [0.1, 0.15) is 0 Å². The molecule has 1 fully saturated rings. The molecule has 2 N–H and O–H groups in total. The molecule has 1 aliphatic carbocycles. The van der Waals surface area contributed by atoms with E-state index in [9.17, 15) is 5.11 Å². The van der Waals surface area contributed by atoms with E-state index in [1.165, 1.54) is 6.42 Å². The third kappa shape index (κ3) is 4.09. The monoisotopic (exact) mass is 301 g/mol. The number of hydrogen-bond donors (Lipinski definition) is 2. The molecule has 1 aromatic carbocycles. The van der Waals surface area contributed by atoms with E-state index < -0.39 is 5.60 Å². The molecule has 0 bridgehead atoms. The number of nitrogens with one attached hydrogen (secondary N) is 1. The van der Waals surface area contributed by atoms with Gasteiger partial charge < -0.3 is 10.4 Å². The summed E-state index contributed by atoms with van der Waals surface area (Å²) in [6.07, 6.45) is 4.09. The highest BCUT2D eigenvalue weighted by Gasteiger charge is 2.31. The third-order valence-electron chi connectivity index (χ3n) is 3.87. The Labute approximate surface area is 125 Å². The summed E-state index contributed by atoms with van der Waals surface area (Å²) in [7, 11) is 0. The van der Waals surface area contributed by atoms with Gasteiger partial charge in [-0.05, 0) is 30.4 Å². The molecule has 0 aromatic heterocycles. The van der Waals surface area contributed by atoms with Gasteiger partial charge in [-0.1, -0.05) is 55.1 Å². The van der Waals surface area contributed by atoms with Crippen molar-refractivity contribution in [2.45, 2.75) is 44.8 Å². The van der Waals surface area contributed by atoms with Crippen molar-refractivity contribution in [1.29, 1.82) is 0 Å². The Kier molecular flexibility index (Phi) is 5.13. The van der Waals surface area contributed by atoms with Crippen molar-refractivity contribution < 1.29 is 5.11 Å². The number of aliphatic hydroxyl groups is 1. The van der Waals surface area contributed by atoms with E-state index in [0.717, 1.165) is 24.8 Å². The summed E-state index contributed by atoms with van der Waals surface area (Å²) >= 11 is 12.1. The lowest BCUT2D eigenvalue weighted by Gasteiger charge is -2.35. The first-order valence-electron chi connectivity index (χ1n) is 6.86. The van der Waals surface area contributed by atoms with Crippen LogP contribution in [0.25, 0.3) is 0 Å². The zero-order valence-corrected chi connectivity index (χ0v) is 12.8. The van der Waals surface area contributed by atoms with Gasteiger partial charge in [0.05, 0.1) is 15.6 Å². The number of rotatable bonds is 4. The van der Waals surface area contributed by atoms with Crippen molar-refractivity contribution in [1.82, 2.24) is 5.32 Å². The Morgan fingerprint density at radius 2 is 2.21 bits per heavy atom. The van der Waals surface area contributed by atoms with Gasteiger partial charge in [-0.3, -0.25) is 0 Å². The number of halogens is 2. The second-order valence-electron chi connectivity index (χ2n) is 5.74. The summed E-state index contributed by atoms with van der Waals surface area (Å²) in [6, 6.07) is 5.63. The smallest absolute Gasteiger partial charge is 0.0774 e. The lowest BCUT2D eigenvalue weighted by atomic mass is 9.79. The van der Waals surface area contributed by atoms with E-state index in [2.05, 4.69) is 12.2 Å². The van der Waals surface area contributed by atoms with Gasteiger partial charge in [0.2, 0.25) is 0 Å². The maximum Gasteiger partial charge on any atom is 0.0774 e. The maximum absolute atomic E-state index is 10.5. The molecule has 4 heteroatoms. The molecule has 0 saturated heterocycles. The van der Waals surface area contributed by atoms with E-state index in [4.69, 9.17) is 23.2 Å². The predicted octanol–water partition coefficient (Wildman–Crippen LogP) is 4.02. The molecule has 2 rings (SSSR count). The van der Waals surface area contributed by atoms with E-state index in [1.807, 2.05) is 12.1 Å². The van der Waals surface area contributed by atoms with Crippen molar-refractivity contribution in [3.8, 4) is 0 Å². The summed E-state index contributed by atoms with van der Waals surface area (Å²) in [5, 5.41) is 15.0. The molecule has 2 atom stereocenters. The van der Waals surface area contributed by atoms with Gasteiger partial charge in [0, 0.05) is 13.1 Å². The molecule has 0 spiro atoms. The van der Waals surface area contributed by atoms with Crippen LogP contribution >= 0.6 is 23.2 Å². The number of hydrogen-bond acceptors (Lipinski definition) is 2. The standard InChI is InChI=1S/C15H21Cl2NO/c1-11-4-3-7-15(19,8-11)10-18-9-12-5-2-6-13(16)14(12)17/h2,5-6,11,18-19H,3-4,7-10H2,1H3. The molecule has 106 valence electrons. The average Bonchev–Trinajstić information content (AvgIpc) is 2.34. The molecule has 2 nitrogen and oxygen atoms in total. The quantitative estimate of drug-likeness (QED) is 0.880. The fourth-order valence-corrected chi connectivity index (χ4v) is 3.29. The van der Waals surface area contributed by atoms with E-state index in [-0.39, 0.29) is 0 Å². The molecule has 1 aromatic rings. The van der Waals surface area contributed by atoms with Gasteiger partial charge in [-0.25, -0.2) is 0 Å². The van der Waals surface area contributed by atoms with Gasteiger partial charge in [0.15, 0.2) is 0 Å². The van der Waals surface area contributed by atoms with E-state index in [0.29, 0.717) is 29.1 Å². The molecule has 1 aliphatic rings. The van der Waals surface area contributed by atoms with Crippen molar-refractivity contribution in [3.05, 3.63) is 33.8 Å². The topological polar surface area (TPSA) is 32.3 Å². The highest BCUT2D eigenvalue weighted by Crippen LogP contribution is 2.32. The highest BCUT2D eigenvalue weighted by atomic mass is 35.5. The molecule has 2 unspecified atom stereocenters. The molecule has 0 radical (unpaired) electrons. The Morgan fingerprint density at radius 1 is 1.42 bits per heavy atom. The van der Waals surface area contributed by atoms with Crippen LogP contribution in [0.15, 0.2) is 18.2 Å². The molecular weight excluding hydrogens is 281 g/mol. The van der Waals surface area contributed by atoms with Crippen molar-refractivity contribution in [2.24, 2.45) is 5.92 Å². The van der Waals surface area contributed by atoms with Crippen LogP contribution < -0.4 is 5.32 Å². The fraction of sp³-hybridized carbons (Fsp3) is 0.600. The normalized spacial score (nSPS) is 27.5. The Bertz CT molecular complexity index is 438. The first kappa shape index (κ1) is 15.1.